The van der Waals surface area contributed by atoms with Gasteiger partial charge in [0.1, 0.15) is 0 Å². The summed E-state index contributed by atoms with van der Waals surface area (Å²) in [4.78, 5) is 7.53. The number of aromatic nitrogens is 1. The molecule has 8 rings (SSSR count). The molecule has 1 aromatic heterocycles. The van der Waals surface area contributed by atoms with Gasteiger partial charge in [0, 0.05) is 11.1 Å². The van der Waals surface area contributed by atoms with E-state index in [1.807, 2.05) is 48.5 Å². The lowest BCUT2D eigenvalue weighted by atomic mass is 10.0. The lowest BCUT2D eigenvalue weighted by Gasteiger charge is -2.36. The average molecular weight is 653 g/mol. The van der Waals surface area contributed by atoms with Crippen LogP contribution in [0.5, 0.6) is 0 Å². The number of rotatable bonds is 6. The first-order valence-electron chi connectivity index (χ1n) is 16.3. The number of nitriles is 1. The summed E-state index contributed by atoms with van der Waals surface area (Å²) in [6, 6.07) is 60.9. The smallest absolute Gasteiger partial charge is 0.188 e. The van der Waals surface area contributed by atoms with Gasteiger partial charge < -0.3 is 4.57 Å². The number of hydrogen-bond acceptors (Lipinski definition) is 1. The Labute approximate surface area is 292 Å². The normalized spacial score (nSPS) is 11.1. The van der Waals surface area contributed by atoms with Crippen LogP contribution in [0.1, 0.15) is 5.56 Å². The van der Waals surface area contributed by atoms with Crippen molar-refractivity contribution in [2.24, 2.45) is 0 Å². The molecule has 0 saturated heterocycles. The highest BCUT2D eigenvalue weighted by molar-refractivity contribution is 7.20. The first-order valence-corrected chi connectivity index (χ1v) is 18.3. The van der Waals surface area contributed by atoms with Crippen molar-refractivity contribution in [3.8, 4) is 22.9 Å². The fraction of sp³-hybridized carbons (Fsp3) is 0. The molecule has 0 amide bonds. The van der Waals surface area contributed by atoms with Crippen molar-refractivity contribution in [3.63, 3.8) is 0 Å². The molecule has 0 atom stereocenters. The maximum Gasteiger partial charge on any atom is 0.188 e. The van der Waals surface area contributed by atoms with Crippen molar-refractivity contribution in [3.05, 3.63) is 198 Å². The Hall–Kier alpha value is -6.97. The van der Waals surface area contributed by atoms with E-state index in [-0.39, 0.29) is 0 Å². The Morgan fingerprint density at radius 1 is 0.520 bits per heavy atom. The molecule has 5 heteroatoms. The van der Waals surface area contributed by atoms with Gasteiger partial charge in [-0.1, -0.05) is 121 Å². The predicted molar refractivity (Wildman–Crippen MR) is 207 cm³/mol. The zero-order chi connectivity index (χ0) is 34.1. The SMILES string of the molecule is [C-]#[N+]c1ccc([Si](c2ccccc2)(c2ccccc2)c2ccccc2)c(-c2ccc(-n3c4ccc(C#N)cc4c4cc([N+]#[C-])ccc43)cc2)c1. The van der Waals surface area contributed by atoms with Gasteiger partial charge in [0.15, 0.2) is 19.4 Å². The minimum absolute atomic E-state index is 0.560. The van der Waals surface area contributed by atoms with Crippen LogP contribution in [0.15, 0.2) is 170 Å². The Morgan fingerprint density at radius 3 is 1.56 bits per heavy atom. The van der Waals surface area contributed by atoms with Crippen LogP contribution in [0.2, 0.25) is 0 Å². The Kier molecular flexibility index (Phi) is 7.63. The second kappa shape index (κ2) is 12.6. The number of nitrogens with zero attached hydrogens (tertiary/aromatic N) is 4. The van der Waals surface area contributed by atoms with Crippen molar-refractivity contribution in [2.75, 3.05) is 0 Å². The van der Waals surface area contributed by atoms with E-state index in [0.717, 1.165) is 38.6 Å². The summed E-state index contributed by atoms with van der Waals surface area (Å²) in [5.41, 5.74) is 6.70. The Bertz CT molecular complexity index is 2490. The van der Waals surface area contributed by atoms with Crippen LogP contribution in [0, 0.1) is 24.5 Å². The maximum atomic E-state index is 9.65. The van der Waals surface area contributed by atoms with Gasteiger partial charge in [-0.05, 0) is 85.8 Å². The van der Waals surface area contributed by atoms with Crippen molar-refractivity contribution in [2.45, 2.75) is 0 Å². The molecule has 232 valence electrons. The second-order valence-electron chi connectivity index (χ2n) is 12.2. The third-order valence-corrected chi connectivity index (χ3v) is 14.4. The first-order chi connectivity index (χ1) is 24.6. The molecule has 0 N–H and O–H groups in total. The monoisotopic (exact) mass is 652 g/mol. The van der Waals surface area contributed by atoms with Gasteiger partial charge in [-0.25, -0.2) is 9.69 Å². The lowest BCUT2D eigenvalue weighted by Crippen LogP contribution is -2.75. The molecule has 4 nitrogen and oxygen atoms in total. The van der Waals surface area contributed by atoms with E-state index in [9.17, 15) is 5.26 Å². The third kappa shape index (κ3) is 4.88. The molecule has 1 heterocycles. The topological polar surface area (TPSA) is 37.4 Å². The van der Waals surface area contributed by atoms with E-state index in [0.29, 0.717) is 16.9 Å². The summed E-state index contributed by atoms with van der Waals surface area (Å²) < 4.78 is 2.19. The minimum atomic E-state index is -2.88. The van der Waals surface area contributed by atoms with Crippen LogP contribution in [0.25, 0.3) is 48.3 Å². The van der Waals surface area contributed by atoms with Crippen LogP contribution in [-0.2, 0) is 0 Å². The van der Waals surface area contributed by atoms with E-state index in [1.165, 1.54) is 20.7 Å². The molecule has 0 aliphatic heterocycles. The molecular weight excluding hydrogens is 625 g/mol. The Morgan fingerprint density at radius 2 is 1.02 bits per heavy atom. The lowest BCUT2D eigenvalue weighted by molar-refractivity contribution is 1.18. The van der Waals surface area contributed by atoms with Crippen LogP contribution in [0.3, 0.4) is 0 Å². The molecule has 0 bridgehead atoms. The summed E-state index contributed by atoms with van der Waals surface area (Å²) in [6.45, 7) is 15.5. The highest BCUT2D eigenvalue weighted by atomic mass is 28.3. The quantitative estimate of drug-likeness (QED) is 0.101. The van der Waals surface area contributed by atoms with Crippen molar-refractivity contribution >= 4 is 62.0 Å². The zero-order valence-electron chi connectivity index (χ0n) is 27.0. The summed E-state index contributed by atoms with van der Waals surface area (Å²) in [6.07, 6.45) is 0. The molecule has 0 aliphatic carbocycles. The fourth-order valence-electron chi connectivity index (χ4n) is 7.42. The maximum absolute atomic E-state index is 9.65. The van der Waals surface area contributed by atoms with E-state index in [2.05, 4.69) is 142 Å². The number of fused-ring (bicyclic) bond motifs is 3. The molecular formula is C45H28N4Si. The van der Waals surface area contributed by atoms with Gasteiger partial charge in [0.05, 0.1) is 35.8 Å². The zero-order valence-corrected chi connectivity index (χ0v) is 28.0. The van der Waals surface area contributed by atoms with Gasteiger partial charge in [-0.2, -0.15) is 5.26 Å². The highest BCUT2D eigenvalue weighted by Gasteiger charge is 2.42. The minimum Gasteiger partial charge on any atom is -0.309 e. The summed E-state index contributed by atoms with van der Waals surface area (Å²) in [7, 11) is -2.88. The fourth-order valence-corrected chi connectivity index (χ4v) is 12.4. The highest BCUT2D eigenvalue weighted by Crippen LogP contribution is 2.36. The largest absolute Gasteiger partial charge is 0.309 e. The van der Waals surface area contributed by atoms with Crippen LogP contribution >= 0.6 is 0 Å². The molecule has 0 spiro atoms. The van der Waals surface area contributed by atoms with Gasteiger partial charge in [-0.3, -0.25) is 0 Å². The first kappa shape index (κ1) is 30.4. The van der Waals surface area contributed by atoms with Crippen molar-refractivity contribution < 1.29 is 0 Å². The molecule has 0 fully saturated rings. The van der Waals surface area contributed by atoms with E-state index >= 15 is 0 Å². The molecule has 8 aromatic rings. The van der Waals surface area contributed by atoms with Crippen LogP contribution in [-0.4, -0.2) is 12.6 Å². The van der Waals surface area contributed by atoms with Crippen LogP contribution in [0.4, 0.5) is 11.4 Å². The molecule has 7 aromatic carbocycles. The summed E-state index contributed by atoms with van der Waals surface area (Å²) in [5.74, 6) is 0. The van der Waals surface area contributed by atoms with Crippen molar-refractivity contribution in [1.82, 2.24) is 4.57 Å². The second-order valence-corrected chi connectivity index (χ2v) is 16.0. The van der Waals surface area contributed by atoms with Gasteiger partial charge in [-0.15, -0.1) is 0 Å². The third-order valence-electron chi connectivity index (χ3n) is 9.60. The van der Waals surface area contributed by atoms with Gasteiger partial charge in [0.2, 0.25) is 0 Å². The molecule has 50 heavy (non-hydrogen) atoms. The molecule has 0 saturated carbocycles. The number of benzene rings is 7. The molecule has 0 aliphatic rings. The van der Waals surface area contributed by atoms with E-state index in [4.69, 9.17) is 13.1 Å². The van der Waals surface area contributed by atoms with E-state index in [1.54, 1.807) is 0 Å². The standard InChI is InChI=1S/C45H28N4Si/c1-47-34-21-26-44-42(30-34)41-28-32(31-46)18-25-43(41)49(44)36-23-19-33(20-24-36)40-29-35(48-2)22-27-45(40)50(37-12-6-3-7-13-37,38-14-8-4-9-15-38)39-16-10-5-11-17-39/h3-30H. The number of hydrogen-bond donors (Lipinski definition) is 0. The Balaban J connectivity index is 1.38. The predicted octanol–water partition coefficient (Wildman–Crippen LogP) is 8.80. The van der Waals surface area contributed by atoms with E-state index < -0.39 is 8.07 Å². The van der Waals surface area contributed by atoms with Crippen LogP contribution < -0.4 is 20.7 Å². The van der Waals surface area contributed by atoms with Gasteiger partial charge in [0.25, 0.3) is 0 Å². The molecule has 0 unspecified atom stereocenters. The van der Waals surface area contributed by atoms with Crippen molar-refractivity contribution in [1.29, 1.82) is 5.26 Å². The molecule has 0 radical (unpaired) electrons. The summed E-state index contributed by atoms with van der Waals surface area (Å²) >= 11 is 0. The van der Waals surface area contributed by atoms with Gasteiger partial charge >= 0.3 is 0 Å². The average Bonchev–Trinajstić information content (AvgIpc) is 3.52. The summed E-state index contributed by atoms with van der Waals surface area (Å²) in [5, 5.41) is 16.5.